The van der Waals surface area contributed by atoms with Crippen LogP contribution in [0, 0.1) is 5.92 Å². The van der Waals surface area contributed by atoms with Crippen LogP contribution in [-0.4, -0.2) is 28.3 Å². The monoisotopic (exact) mass is 360 g/mol. The van der Waals surface area contributed by atoms with E-state index in [0.29, 0.717) is 23.0 Å². The van der Waals surface area contributed by atoms with Crippen molar-refractivity contribution in [1.82, 2.24) is 15.1 Å². The Morgan fingerprint density at radius 1 is 1.44 bits per heavy atom. The number of rotatable bonds is 5. The van der Waals surface area contributed by atoms with Crippen molar-refractivity contribution in [2.24, 2.45) is 11.7 Å². The number of carbonyl (C=O) groups excluding carboxylic acids is 1. The summed E-state index contributed by atoms with van der Waals surface area (Å²) >= 11 is 6.11. The van der Waals surface area contributed by atoms with Crippen LogP contribution in [0.2, 0.25) is 5.02 Å². The third-order valence-electron chi connectivity index (χ3n) is 4.93. The lowest BCUT2D eigenvalue weighted by molar-refractivity contribution is 0.0927. The Morgan fingerprint density at radius 2 is 2.24 bits per heavy atom. The summed E-state index contributed by atoms with van der Waals surface area (Å²) in [6.45, 7) is 4.74. The maximum Gasteiger partial charge on any atom is 0.255 e. The van der Waals surface area contributed by atoms with Crippen LogP contribution in [0.5, 0.6) is 0 Å². The molecule has 134 valence electrons. The summed E-state index contributed by atoms with van der Waals surface area (Å²) in [5.41, 5.74) is 8.20. The number of nitrogens with two attached hydrogens (primary N) is 1. The first kappa shape index (κ1) is 18.0. The lowest BCUT2D eigenvalue weighted by Crippen LogP contribution is -2.40. The van der Waals surface area contributed by atoms with E-state index in [2.05, 4.69) is 24.3 Å². The third-order valence-corrected chi connectivity index (χ3v) is 5.16. The first-order valence-electron chi connectivity index (χ1n) is 8.86. The van der Waals surface area contributed by atoms with E-state index in [4.69, 9.17) is 17.3 Å². The SMILES string of the molecule is CC(C)c1c(C(=O)NC2CCCC2CN)cnn1-c1cccc(Cl)c1. The maximum absolute atomic E-state index is 12.9. The van der Waals surface area contributed by atoms with Gasteiger partial charge in [0.15, 0.2) is 0 Å². The van der Waals surface area contributed by atoms with Gasteiger partial charge in [-0.15, -0.1) is 0 Å². The molecule has 0 radical (unpaired) electrons. The van der Waals surface area contributed by atoms with Gasteiger partial charge >= 0.3 is 0 Å². The smallest absolute Gasteiger partial charge is 0.255 e. The zero-order valence-electron chi connectivity index (χ0n) is 14.7. The summed E-state index contributed by atoms with van der Waals surface area (Å²) in [7, 11) is 0. The molecule has 2 aromatic rings. The second-order valence-corrected chi connectivity index (χ2v) is 7.43. The Bertz CT molecular complexity index is 756. The summed E-state index contributed by atoms with van der Waals surface area (Å²) < 4.78 is 1.81. The largest absolute Gasteiger partial charge is 0.349 e. The molecule has 0 aliphatic heterocycles. The zero-order valence-corrected chi connectivity index (χ0v) is 15.5. The van der Waals surface area contributed by atoms with Crippen molar-refractivity contribution in [2.45, 2.75) is 45.1 Å². The standard InChI is InChI=1S/C19H25ClN4O/c1-12(2)18-16(19(25)23-17-8-3-5-13(17)10-21)11-22-24(18)15-7-4-6-14(20)9-15/h4,6-7,9,11-13,17H,3,5,8,10,21H2,1-2H3,(H,23,25). The van der Waals surface area contributed by atoms with Crippen molar-refractivity contribution >= 4 is 17.5 Å². The van der Waals surface area contributed by atoms with Crippen molar-refractivity contribution in [3.05, 3.63) is 46.7 Å². The fourth-order valence-corrected chi connectivity index (χ4v) is 3.84. The van der Waals surface area contributed by atoms with Crippen LogP contribution in [0.4, 0.5) is 0 Å². The second kappa shape index (κ2) is 7.58. The molecule has 1 fully saturated rings. The van der Waals surface area contributed by atoms with E-state index in [9.17, 15) is 4.79 Å². The lowest BCUT2D eigenvalue weighted by Gasteiger charge is -2.20. The van der Waals surface area contributed by atoms with E-state index in [-0.39, 0.29) is 17.9 Å². The molecule has 1 amide bonds. The van der Waals surface area contributed by atoms with Gasteiger partial charge < -0.3 is 11.1 Å². The molecule has 0 bridgehead atoms. The average molecular weight is 361 g/mol. The molecule has 2 atom stereocenters. The summed E-state index contributed by atoms with van der Waals surface area (Å²) in [6, 6.07) is 7.65. The predicted octanol–water partition coefficient (Wildman–Crippen LogP) is 3.51. The van der Waals surface area contributed by atoms with E-state index in [1.54, 1.807) is 10.9 Å². The van der Waals surface area contributed by atoms with Crippen molar-refractivity contribution in [3.8, 4) is 5.69 Å². The normalized spacial score (nSPS) is 20.2. The van der Waals surface area contributed by atoms with Gasteiger partial charge in [0.1, 0.15) is 0 Å². The van der Waals surface area contributed by atoms with Gasteiger partial charge in [-0.25, -0.2) is 4.68 Å². The van der Waals surface area contributed by atoms with Gasteiger partial charge in [-0.3, -0.25) is 4.79 Å². The van der Waals surface area contributed by atoms with Crippen molar-refractivity contribution < 1.29 is 4.79 Å². The number of halogens is 1. The number of hydrogen-bond acceptors (Lipinski definition) is 3. The molecule has 1 aromatic heterocycles. The zero-order chi connectivity index (χ0) is 18.0. The molecule has 0 spiro atoms. The molecule has 1 aromatic carbocycles. The predicted molar refractivity (Wildman–Crippen MR) is 100 cm³/mol. The summed E-state index contributed by atoms with van der Waals surface area (Å²) in [6.07, 6.45) is 4.84. The topological polar surface area (TPSA) is 72.9 Å². The van der Waals surface area contributed by atoms with Gasteiger partial charge in [0.2, 0.25) is 0 Å². The second-order valence-electron chi connectivity index (χ2n) is 7.00. The molecular weight excluding hydrogens is 336 g/mol. The fraction of sp³-hybridized carbons (Fsp3) is 0.474. The maximum atomic E-state index is 12.9. The molecule has 1 aliphatic rings. The molecule has 25 heavy (non-hydrogen) atoms. The van der Waals surface area contributed by atoms with Gasteiger partial charge in [-0.05, 0) is 49.4 Å². The molecular formula is C19H25ClN4O. The van der Waals surface area contributed by atoms with E-state index in [0.717, 1.165) is 30.6 Å². The van der Waals surface area contributed by atoms with Crippen LogP contribution in [0.1, 0.15) is 55.1 Å². The summed E-state index contributed by atoms with van der Waals surface area (Å²) in [5, 5.41) is 8.27. The van der Waals surface area contributed by atoms with Crippen LogP contribution < -0.4 is 11.1 Å². The molecule has 1 aliphatic carbocycles. The Hall–Kier alpha value is -1.85. The van der Waals surface area contributed by atoms with Gasteiger partial charge in [-0.1, -0.05) is 37.9 Å². The van der Waals surface area contributed by atoms with Crippen molar-refractivity contribution in [2.75, 3.05) is 6.54 Å². The Labute approximate surface area is 153 Å². The Morgan fingerprint density at radius 3 is 2.92 bits per heavy atom. The minimum Gasteiger partial charge on any atom is -0.349 e. The molecule has 5 nitrogen and oxygen atoms in total. The molecule has 2 unspecified atom stereocenters. The van der Waals surface area contributed by atoms with Crippen LogP contribution >= 0.6 is 11.6 Å². The van der Waals surface area contributed by atoms with Gasteiger partial charge in [0.25, 0.3) is 5.91 Å². The first-order chi connectivity index (χ1) is 12.0. The number of amides is 1. The van der Waals surface area contributed by atoms with Crippen LogP contribution in [-0.2, 0) is 0 Å². The first-order valence-corrected chi connectivity index (χ1v) is 9.23. The van der Waals surface area contributed by atoms with Gasteiger partial charge in [0.05, 0.1) is 23.1 Å². The van der Waals surface area contributed by atoms with E-state index in [1.807, 2.05) is 24.3 Å². The number of nitrogens with zero attached hydrogens (tertiary/aromatic N) is 2. The highest BCUT2D eigenvalue weighted by molar-refractivity contribution is 6.30. The van der Waals surface area contributed by atoms with Crippen LogP contribution in [0.3, 0.4) is 0 Å². The number of nitrogens with one attached hydrogen (secondary N) is 1. The molecule has 1 heterocycles. The number of benzene rings is 1. The van der Waals surface area contributed by atoms with Gasteiger partial charge in [-0.2, -0.15) is 5.10 Å². The molecule has 0 saturated heterocycles. The minimum atomic E-state index is -0.0673. The molecule has 3 N–H and O–H groups in total. The van der Waals surface area contributed by atoms with Crippen molar-refractivity contribution in [1.29, 1.82) is 0 Å². The Balaban J connectivity index is 1.90. The quantitative estimate of drug-likeness (QED) is 0.856. The number of hydrogen-bond donors (Lipinski definition) is 2. The van der Waals surface area contributed by atoms with Gasteiger partial charge in [0, 0.05) is 11.1 Å². The number of carbonyl (C=O) groups is 1. The highest BCUT2D eigenvalue weighted by atomic mass is 35.5. The molecule has 3 rings (SSSR count). The summed E-state index contributed by atoms with van der Waals surface area (Å²) in [5.74, 6) is 0.452. The highest BCUT2D eigenvalue weighted by Crippen LogP contribution is 2.27. The van der Waals surface area contributed by atoms with Crippen molar-refractivity contribution in [3.63, 3.8) is 0 Å². The highest BCUT2D eigenvalue weighted by Gasteiger charge is 2.29. The molecule has 6 heteroatoms. The Kier molecular flexibility index (Phi) is 5.45. The van der Waals surface area contributed by atoms with Crippen LogP contribution in [0.15, 0.2) is 30.5 Å². The average Bonchev–Trinajstić information content (AvgIpc) is 3.21. The third kappa shape index (κ3) is 3.72. The van der Waals surface area contributed by atoms with E-state index < -0.39 is 0 Å². The minimum absolute atomic E-state index is 0.0673. The van der Waals surface area contributed by atoms with Crippen LogP contribution in [0.25, 0.3) is 5.69 Å². The fourth-order valence-electron chi connectivity index (χ4n) is 3.66. The lowest BCUT2D eigenvalue weighted by atomic mass is 10.0. The molecule has 1 saturated carbocycles. The van der Waals surface area contributed by atoms with E-state index >= 15 is 0 Å². The van der Waals surface area contributed by atoms with E-state index in [1.165, 1.54) is 0 Å². The number of aromatic nitrogens is 2. The summed E-state index contributed by atoms with van der Waals surface area (Å²) in [4.78, 5) is 12.9.